The summed E-state index contributed by atoms with van der Waals surface area (Å²) in [4.78, 5) is 2.40. The summed E-state index contributed by atoms with van der Waals surface area (Å²) in [6.45, 7) is 0. The van der Waals surface area contributed by atoms with E-state index in [2.05, 4.69) is 217 Å². The van der Waals surface area contributed by atoms with Crippen LogP contribution in [0.25, 0.3) is 55.3 Å². The van der Waals surface area contributed by atoms with Gasteiger partial charge in [0.15, 0.2) is 0 Å². The third-order valence-electron chi connectivity index (χ3n) is 11.7. The average Bonchev–Trinajstić information content (AvgIpc) is 3.71. The summed E-state index contributed by atoms with van der Waals surface area (Å²) in [5.74, 6) is 0. The van der Waals surface area contributed by atoms with Gasteiger partial charge < -0.3 is 4.90 Å². The van der Waals surface area contributed by atoms with Gasteiger partial charge in [-0.1, -0.05) is 170 Å². The molecule has 0 bridgehead atoms. The minimum Gasteiger partial charge on any atom is -0.310 e. The van der Waals surface area contributed by atoms with Gasteiger partial charge in [-0.05, 0) is 120 Å². The molecule has 54 heavy (non-hydrogen) atoms. The van der Waals surface area contributed by atoms with Crippen molar-refractivity contribution in [3.63, 3.8) is 0 Å². The molecule has 1 heteroatoms. The van der Waals surface area contributed by atoms with E-state index in [1.165, 1.54) is 77.5 Å². The molecule has 0 fully saturated rings. The first-order valence-electron chi connectivity index (χ1n) is 18.8. The summed E-state index contributed by atoms with van der Waals surface area (Å²) >= 11 is 0. The van der Waals surface area contributed by atoms with Crippen molar-refractivity contribution >= 4 is 27.8 Å². The predicted molar refractivity (Wildman–Crippen MR) is 226 cm³/mol. The summed E-state index contributed by atoms with van der Waals surface area (Å²) in [6.07, 6.45) is 0. The minimum absolute atomic E-state index is 0.454. The molecule has 1 spiro atoms. The molecule has 2 aliphatic rings. The van der Waals surface area contributed by atoms with Crippen molar-refractivity contribution in [1.29, 1.82) is 0 Å². The van der Waals surface area contributed by atoms with Gasteiger partial charge in [0, 0.05) is 17.1 Å². The Hall–Kier alpha value is -6.96. The van der Waals surface area contributed by atoms with Crippen LogP contribution in [0.2, 0.25) is 0 Å². The molecule has 0 atom stereocenters. The third kappa shape index (κ3) is 4.45. The highest BCUT2D eigenvalue weighted by Gasteiger charge is 2.51. The Morgan fingerprint density at radius 2 is 0.796 bits per heavy atom. The highest BCUT2D eigenvalue weighted by atomic mass is 15.1. The molecule has 252 valence electrons. The number of fused-ring (bicyclic) bond motifs is 11. The molecule has 0 aromatic heterocycles. The fraction of sp³-hybridized carbons (Fsp3) is 0.0189. The molecule has 9 aromatic rings. The summed E-state index contributed by atoms with van der Waals surface area (Å²) in [6, 6.07) is 78.2. The number of para-hydroxylation sites is 1. The molecule has 0 amide bonds. The molecule has 0 saturated carbocycles. The first-order chi connectivity index (χ1) is 26.8. The molecule has 0 saturated heterocycles. The molecular formula is C53H35N. The highest BCUT2D eigenvalue weighted by molar-refractivity contribution is 6.01. The molecular weight excluding hydrogens is 651 g/mol. The van der Waals surface area contributed by atoms with Crippen molar-refractivity contribution in [3.8, 4) is 44.5 Å². The molecule has 11 rings (SSSR count). The third-order valence-corrected chi connectivity index (χ3v) is 11.7. The van der Waals surface area contributed by atoms with Gasteiger partial charge in [-0.25, -0.2) is 0 Å². The van der Waals surface area contributed by atoms with E-state index in [0.29, 0.717) is 0 Å². The summed E-state index contributed by atoms with van der Waals surface area (Å²) in [5, 5.41) is 2.53. The minimum atomic E-state index is -0.454. The lowest BCUT2D eigenvalue weighted by Gasteiger charge is -2.32. The lowest BCUT2D eigenvalue weighted by atomic mass is 9.70. The molecule has 9 aromatic carbocycles. The maximum absolute atomic E-state index is 2.48. The number of hydrogen-bond acceptors (Lipinski definition) is 1. The first-order valence-corrected chi connectivity index (χ1v) is 18.8. The van der Waals surface area contributed by atoms with Crippen LogP contribution in [0.1, 0.15) is 22.3 Å². The van der Waals surface area contributed by atoms with Crippen molar-refractivity contribution in [2.45, 2.75) is 5.41 Å². The highest BCUT2D eigenvalue weighted by Crippen LogP contribution is 2.63. The molecule has 0 radical (unpaired) electrons. The first kappa shape index (κ1) is 30.6. The van der Waals surface area contributed by atoms with Crippen molar-refractivity contribution < 1.29 is 0 Å². The van der Waals surface area contributed by atoms with Crippen LogP contribution in [-0.2, 0) is 5.41 Å². The number of rotatable bonds is 5. The number of benzene rings is 9. The van der Waals surface area contributed by atoms with Crippen LogP contribution >= 0.6 is 0 Å². The lowest BCUT2D eigenvalue weighted by molar-refractivity contribution is 0.794. The number of hydrogen-bond donors (Lipinski definition) is 0. The standard InChI is InChI=1S/C53H35N/c1-3-14-36(15-4-1)37-26-29-41(30-27-37)54(40-18-5-2-6-19-40)42-31-32-47-48-34-39(44-23-13-17-38-16-7-8-20-43(38)44)28-33-51(48)53(52(47)35-42)49-24-11-9-21-45(49)46-22-10-12-25-50(46)53/h1-35H. The van der Waals surface area contributed by atoms with Crippen molar-refractivity contribution in [2.75, 3.05) is 4.90 Å². The van der Waals surface area contributed by atoms with Crippen LogP contribution in [0.3, 0.4) is 0 Å². The Morgan fingerprint density at radius 1 is 0.278 bits per heavy atom. The molecule has 1 nitrogen and oxygen atoms in total. The Labute approximate surface area is 316 Å². The van der Waals surface area contributed by atoms with E-state index in [1.807, 2.05) is 0 Å². The van der Waals surface area contributed by atoms with Crippen LogP contribution < -0.4 is 4.90 Å². The van der Waals surface area contributed by atoms with E-state index in [0.717, 1.165) is 17.1 Å². The Morgan fingerprint density at radius 3 is 1.56 bits per heavy atom. The zero-order chi connectivity index (χ0) is 35.6. The Bertz CT molecular complexity index is 2820. The van der Waals surface area contributed by atoms with Gasteiger partial charge in [-0.15, -0.1) is 0 Å². The SMILES string of the molecule is c1ccc(-c2ccc(N(c3ccccc3)c3ccc4c(c3)C3(c5ccccc5-c5ccccc53)c3ccc(-c5cccc6ccccc56)cc3-4)cc2)cc1. The van der Waals surface area contributed by atoms with E-state index in [-0.39, 0.29) is 0 Å². The van der Waals surface area contributed by atoms with Gasteiger partial charge in [-0.2, -0.15) is 0 Å². The van der Waals surface area contributed by atoms with Crippen LogP contribution in [0.15, 0.2) is 212 Å². The normalized spacial score (nSPS) is 13.0. The molecule has 0 aliphatic heterocycles. The number of nitrogens with zero attached hydrogens (tertiary/aromatic N) is 1. The zero-order valence-corrected chi connectivity index (χ0v) is 29.7. The van der Waals surface area contributed by atoms with Crippen LogP contribution in [0, 0.1) is 0 Å². The average molecular weight is 686 g/mol. The van der Waals surface area contributed by atoms with Crippen LogP contribution in [0.5, 0.6) is 0 Å². The van der Waals surface area contributed by atoms with E-state index in [4.69, 9.17) is 0 Å². The maximum atomic E-state index is 2.48. The summed E-state index contributed by atoms with van der Waals surface area (Å²) in [5.41, 5.74) is 18.4. The molecule has 0 N–H and O–H groups in total. The van der Waals surface area contributed by atoms with Crippen LogP contribution in [-0.4, -0.2) is 0 Å². The van der Waals surface area contributed by atoms with Crippen molar-refractivity contribution in [2.24, 2.45) is 0 Å². The van der Waals surface area contributed by atoms with Crippen LogP contribution in [0.4, 0.5) is 17.1 Å². The second-order valence-corrected chi connectivity index (χ2v) is 14.4. The lowest BCUT2D eigenvalue weighted by Crippen LogP contribution is -2.26. The summed E-state index contributed by atoms with van der Waals surface area (Å²) in [7, 11) is 0. The van der Waals surface area contributed by atoms with Gasteiger partial charge in [0.2, 0.25) is 0 Å². The summed E-state index contributed by atoms with van der Waals surface area (Å²) < 4.78 is 0. The predicted octanol–water partition coefficient (Wildman–Crippen LogP) is 14.0. The van der Waals surface area contributed by atoms with Crippen molar-refractivity contribution in [3.05, 3.63) is 235 Å². The van der Waals surface area contributed by atoms with E-state index in [1.54, 1.807) is 0 Å². The fourth-order valence-corrected chi connectivity index (χ4v) is 9.37. The zero-order valence-electron chi connectivity index (χ0n) is 29.7. The second-order valence-electron chi connectivity index (χ2n) is 14.4. The fourth-order valence-electron chi connectivity index (χ4n) is 9.37. The number of anilines is 3. The van der Waals surface area contributed by atoms with Gasteiger partial charge in [-0.3, -0.25) is 0 Å². The second kappa shape index (κ2) is 12.0. The molecule has 0 heterocycles. The molecule has 0 unspecified atom stereocenters. The maximum Gasteiger partial charge on any atom is 0.0726 e. The largest absolute Gasteiger partial charge is 0.310 e. The Balaban J connectivity index is 1.16. The van der Waals surface area contributed by atoms with Gasteiger partial charge in [0.25, 0.3) is 0 Å². The monoisotopic (exact) mass is 685 g/mol. The van der Waals surface area contributed by atoms with Gasteiger partial charge >= 0.3 is 0 Å². The van der Waals surface area contributed by atoms with Crippen molar-refractivity contribution in [1.82, 2.24) is 0 Å². The topological polar surface area (TPSA) is 3.24 Å². The van der Waals surface area contributed by atoms with Gasteiger partial charge in [0.05, 0.1) is 5.41 Å². The quantitative estimate of drug-likeness (QED) is 0.174. The Kier molecular flexibility index (Phi) is 6.84. The van der Waals surface area contributed by atoms with E-state index < -0.39 is 5.41 Å². The van der Waals surface area contributed by atoms with Gasteiger partial charge in [0.1, 0.15) is 0 Å². The molecule has 2 aliphatic carbocycles. The van der Waals surface area contributed by atoms with E-state index in [9.17, 15) is 0 Å². The van der Waals surface area contributed by atoms with E-state index >= 15 is 0 Å². The smallest absolute Gasteiger partial charge is 0.0726 e.